The third-order valence-corrected chi connectivity index (χ3v) is 5.28. The second-order valence-electron chi connectivity index (χ2n) is 5.83. The van der Waals surface area contributed by atoms with Crippen molar-refractivity contribution in [2.75, 3.05) is 11.9 Å². The molecule has 22 heavy (non-hydrogen) atoms. The van der Waals surface area contributed by atoms with Crippen LogP contribution >= 0.6 is 0 Å². The SMILES string of the molecule is Cc1ccc(C(c2ccc3c(c2)CCCN3)S(N)(=O)=O)cc1. The molecule has 0 saturated heterocycles. The predicted molar refractivity (Wildman–Crippen MR) is 89.4 cm³/mol. The van der Waals surface area contributed by atoms with E-state index in [1.807, 2.05) is 49.4 Å². The molecule has 0 amide bonds. The fraction of sp³-hybridized carbons (Fsp3) is 0.294. The van der Waals surface area contributed by atoms with E-state index in [4.69, 9.17) is 5.14 Å². The van der Waals surface area contributed by atoms with Crippen molar-refractivity contribution in [2.45, 2.75) is 25.0 Å². The molecule has 0 saturated carbocycles. The molecular weight excluding hydrogens is 296 g/mol. The lowest BCUT2D eigenvalue weighted by atomic mass is 9.97. The van der Waals surface area contributed by atoms with Gasteiger partial charge in [0.05, 0.1) is 0 Å². The van der Waals surface area contributed by atoms with E-state index in [9.17, 15) is 8.42 Å². The highest BCUT2D eigenvalue weighted by atomic mass is 32.2. The number of nitrogens with one attached hydrogen (secondary N) is 1. The summed E-state index contributed by atoms with van der Waals surface area (Å²) in [4.78, 5) is 0. The molecular formula is C17H20N2O2S. The Morgan fingerprint density at radius 3 is 2.45 bits per heavy atom. The molecule has 0 bridgehead atoms. The molecule has 0 spiro atoms. The van der Waals surface area contributed by atoms with E-state index in [0.29, 0.717) is 5.56 Å². The van der Waals surface area contributed by atoms with E-state index in [0.717, 1.165) is 41.8 Å². The molecule has 5 heteroatoms. The quantitative estimate of drug-likeness (QED) is 0.914. The van der Waals surface area contributed by atoms with Gasteiger partial charge in [-0.05, 0) is 42.5 Å². The van der Waals surface area contributed by atoms with Crippen molar-refractivity contribution in [2.24, 2.45) is 5.14 Å². The topological polar surface area (TPSA) is 72.2 Å². The van der Waals surface area contributed by atoms with Crippen molar-refractivity contribution in [1.29, 1.82) is 0 Å². The molecule has 4 nitrogen and oxygen atoms in total. The number of primary sulfonamides is 1. The van der Waals surface area contributed by atoms with Crippen LogP contribution in [0.25, 0.3) is 0 Å². The molecule has 2 aromatic carbocycles. The molecule has 3 N–H and O–H groups in total. The molecule has 2 aromatic rings. The minimum atomic E-state index is -3.73. The minimum Gasteiger partial charge on any atom is -0.385 e. The molecule has 1 heterocycles. The summed E-state index contributed by atoms with van der Waals surface area (Å²) in [5.74, 6) is 0. The lowest BCUT2D eigenvalue weighted by Crippen LogP contribution is -2.23. The first-order valence-electron chi connectivity index (χ1n) is 7.40. The maximum absolute atomic E-state index is 12.1. The number of nitrogens with two attached hydrogens (primary N) is 1. The van der Waals surface area contributed by atoms with Gasteiger partial charge in [-0.2, -0.15) is 0 Å². The first kappa shape index (κ1) is 15.1. The van der Waals surface area contributed by atoms with E-state index in [1.165, 1.54) is 0 Å². The van der Waals surface area contributed by atoms with Gasteiger partial charge >= 0.3 is 0 Å². The standard InChI is InChI=1S/C17H20N2O2S/c1-12-4-6-13(7-5-12)17(22(18,20)21)15-8-9-16-14(11-15)3-2-10-19-16/h4-9,11,17,19H,2-3,10H2,1H3,(H2,18,20,21). The van der Waals surface area contributed by atoms with Gasteiger partial charge in [-0.15, -0.1) is 0 Å². The molecule has 1 unspecified atom stereocenters. The number of hydrogen-bond donors (Lipinski definition) is 2. The Morgan fingerprint density at radius 2 is 1.77 bits per heavy atom. The van der Waals surface area contributed by atoms with Gasteiger partial charge in [0.1, 0.15) is 5.25 Å². The van der Waals surface area contributed by atoms with Crippen molar-refractivity contribution in [3.63, 3.8) is 0 Å². The Morgan fingerprint density at radius 1 is 1.09 bits per heavy atom. The molecule has 1 atom stereocenters. The first-order valence-corrected chi connectivity index (χ1v) is 9.01. The van der Waals surface area contributed by atoms with Crippen LogP contribution in [0.4, 0.5) is 5.69 Å². The maximum atomic E-state index is 12.1. The molecule has 1 aliphatic heterocycles. The lowest BCUT2D eigenvalue weighted by molar-refractivity contribution is 0.591. The Balaban J connectivity index is 2.09. The fourth-order valence-electron chi connectivity index (χ4n) is 2.97. The Bertz CT molecular complexity index is 783. The zero-order valence-corrected chi connectivity index (χ0v) is 13.4. The summed E-state index contributed by atoms with van der Waals surface area (Å²) in [5.41, 5.74) is 4.77. The number of fused-ring (bicyclic) bond motifs is 1. The van der Waals surface area contributed by atoms with Crippen molar-refractivity contribution >= 4 is 15.7 Å². The molecule has 0 aliphatic carbocycles. The second kappa shape index (κ2) is 5.74. The van der Waals surface area contributed by atoms with Gasteiger partial charge in [0.2, 0.25) is 10.0 Å². The highest BCUT2D eigenvalue weighted by Gasteiger charge is 2.26. The van der Waals surface area contributed by atoms with E-state index < -0.39 is 15.3 Å². The van der Waals surface area contributed by atoms with Gasteiger partial charge in [0.15, 0.2) is 0 Å². The van der Waals surface area contributed by atoms with E-state index in [2.05, 4.69) is 5.32 Å². The normalized spacial score (nSPS) is 15.7. The summed E-state index contributed by atoms with van der Waals surface area (Å²) in [6, 6.07) is 13.3. The number of anilines is 1. The van der Waals surface area contributed by atoms with E-state index in [-0.39, 0.29) is 0 Å². The summed E-state index contributed by atoms with van der Waals surface area (Å²) < 4.78 is 24.3. The summed E-state index contributed by atoms with van der Waals surface area (Å²) >= 11 is 0. The van der Waals surface area contributed by atoms with Crippen molar-refractivity contribution in [3.05, 3.63) is 64.7 Å². The smallest absolute Gasteiger partial charge is 0.220 e. The van der Waals surface area contributed by atoms with Gasteiger partial charge < -0.3 is 5.32 Å². The minimum absolute atomic E-state index is 0.705. The van der Waals surface area contributed by atoms with Gasteiger partial charge in [-0.1, -0.05) is 42.0 Å². The molecule has 0 fully saturated rings. The second-order valence-corrected chi connectivity index (χ2v) is 7.48. The Kier molecular flexibility index (Phi) is 3.93. The number of aryl methyl sites for hydroxylation is 2. The van der Waals surface area contributed by atoms with Crippen LogP contribution in [0, 0.1) is 6.92 Å². The highest BCUT2D eigenvalue weighted by molar-refractivity contribution is 7.89. The Hall–Kier alpha value is -1.85. The van der Waals surface area contributed by atoms with Crippen molar-refractivity contribution in [1.82, 2.24) is 0 Å². The molecule has 1 aliphatic rings. The predicted octanol–water partition coefficient (Wildman–Crippen LogP) is 2.73. The van der Waals surface area contributed by atoms with Crippen LogP contribution in [-0.2, 0) is 16.4 Å². The van der Waals surface area contributed by atoms with Crippen LogP contribution in [-0.4, -0.2) is 15.0 Å². The average Bonchev–Trinajstić information content (AvgIpc) is 2.48. The van der Waals surface area contributed by atoms with Crippen LogP contribution in [0.15, 0.2) is 42.5 Å². The maximum Gasteiger partial charge on any atom is 0.220 e. The highest BCUT2D eigenvalue weighted by Crippen LogP contribution is 2.32. The van der Waals surface area contributed by atoms with Gasteiger partial charge in [-0.25, -0.2) is 13.6 Å². The number of benzene rings is 2. The van der Waals surface area contributed by atoms with Crippen molar-refractivity contribution < 1.29 is 8.42 Å². The van der Waals surface area contributed by atoms with Gasteiger partial charge in [0.25, 0.3) is 0 Å². The molecule has 116 valence electrons. The van der Waals surface area contributed by atoms with Crippen LogP contribution in [0.2, 0.25) is 0 Å². The van der Waals surface area contributed by atoms with Gasteiger partial charge in [-0.3, -0.25) is 0 Å². The van der Waals surface area contributed by atoms with E-state index in [1.54, 1.807) is 0 Å². The number of hydrogen-bond acceptors (Lipinski definition) is 3. The first-order chi connectivity index (χ1) is 10.4. The van der Waals surface area contributed by atoms with Crippen molar-refractivity contribution in [3.8, 4) is 0 Å². The summed E-state index contributed by atoms with van der Waals surface area (Å²) in [7, 11) is -3.73. The largest absolute Gasteiger partial charge is 0.385 e. The summed E-state index contributed by atoms with van der Waals surface area (Å²) in [6.45, 7) is 2.93. The van der Waals surface area contributed by atoms with Gasteiger partial charge in [0, 0.05) is 12.2 Å². The van der Waals surface area contributed by atoms with Crippen LogP contribution in [0.5, 0.6) is 0 Å². The third-order valence-electron chi connectivity index (χ3n) is 4.08. The molecule has 0 aromatic heterocycles. The van der Waals surface area contributed by atoms with E-state index >= 15 is 0 Å². The van der Waals surface area contributed by atoms with Crippen LogP contribution in [0.1, 0.15) is 33.9 Å². The fourth-order valence-corrected chi connectivity index (χ4v) is 4.03. The third kappa shape index (κ3) is 3.00. The zero-order valence-electron chi connectivity index (χ0n) is 12.5. The zero-order chi connectivity index (χ0) is 15.7. The average molecular weight is 316 g/mol. The van der Waals surface area contributed by atoms with Crippen LogP contribution in [0.3, 0.4) is 0 Å². The Labute approximate surface area is 131 Å². The summed E-state index contributed by atoms with van der Waals surface area (Å²) in [5, 5.41) is 8.03. The summed E-state index contributed by atoms with van der Waals surface area (Å²) in [6.07, 6.45) is 2.02. The number of sulfonamides is 1. The molecule has 0 radical (unpaired) electrons. The molecule has 3 rings (SSSR count). The number of rotatable bonds is 3. The van der Waals surface area contributed by atoms with Crippen LogP contribution < -0.4 is 10.5 Å². The lowest BCUT2D eigenvalue weighted by Gasteiger charge is -2.22. The monoisotopic (exact) mass is 316 g/mol.